The molecule has 1 aliphatic heterocycles. The molecule has 1 aliphatic rings. The summed E-state index contributed by atoms with van der Waals surface area (Å²) in [5.74, 6) is 1.59. The molecule has 34 heavy (non-hydrogen) atoms. The largest absolute Gasteiger partial charge is 0.476 e. The lowest BCUT2D eigenvalue weighted by atomic mass is 10.2. The average Bonchev–Trinajstić information content (AvgIpc) is 2.83. The number of aryl methyl sites for hydroxylation is 1. The second kappa shape index (κ2) is 10.7. The van der Waals surface area contributed by atoms with Crippen molar-refractivity contribution in [3.05, 3.63) is 88.9 Å². The van der Waals surface area contributed by atoms with E-state index in [-0.39, 0.29) is 17.3 Å². The number of carbonyl (C=O) groups excluding carboxylic acids is 1. The molecule has 0 aromatic heterocycles. The maximum atomic E-state index is 13.4. The zero-order chi connectivity index (χ0) is 24.1. The first-order valence-electron chi connectivity index (χ1n) is 10.8. The molecule has 0 aliphatic carbocycles. The molecule has 1 amide bonds. The van der Waals surface area contributed by atoms with E-state index in [0.29, 0.717) is 23.0 Å². The van der Waals surface area contributed by atoms with Crippen LogP contribution in [0.15, 0.2) is 77.7 Å². The first kappa shape index (κ1) is 24.4. The zero-order valence-corrected chi connectivity index (χ0v) is 21.0. The summed E-state index contributed by atoms with van der Waals surface area (Å²) in [5.41, 5.74) is 2.86. The number of rotatable bonds is 8. The lowest BCUT2D eigenvalue weighted by molar-refractivity contribution is -0.127. The van der Waals surface area contributed by atoms with Crippen molar-refractivity contribution in [2.45, 2.75) is 23.7 Å². The standard InChI is InChI=1S/C25H25ClN2O4S2/c1-18-5-4-6-19(15-18)17-33-14-13-27-25(29)24-16-28(22-7-2-3-8-23(22)32-24)34(30,31)21-11-9-20(26)10-12-21/h2-12,15,24H,13-14,16-17H2,1H3,(H,27,29)/t24-/m1/s1. The second-order valence-corrected chi connectivity index (χ2v) is 11.3. The molecular formula is C25H25ClN2O4S2. The maximum Gasteiger partial charge on any atom is 0.264 e. The molecule has 1 N–H and O–H groups in total. The minimum atomic E-state index is -3.91. The third kappa shape index (κ3) is 5.68. The Morgan fingerprint density at radius 1 is 1.12 bits per heavy atom. The second-order valence-electron chi connectivity index (χ2n) is 7.90. The normalized spacial score (nSPS) is 15.4. The molecule has 4 rings (SSSR count). The van der Waals surface area contributed by atoms with Crippen LogP contribution in [0, 0.1) is 6.92 Å². The lowest BCUT2D eigenvalue weighted by Gasteiger charge is -2.34. The summed E-state index contributed by atoms with van der Waals surface area (Å²) in [7, 11) is -3.91. The number of para-hydroxylation sites is 2. The fraction of sp³-hybridized carbons (Fsp3) is 0.240. The van der Waals surface area contributed by atoms with Gasteiger partial charge in [-0.2, -0.15) is 11.8 Å². The molecule has 6 nitrogen and oxygen atoms in total. The number of carbonyl (C=O) groups is 1. The highest BCUT2D eigenvalue weighted by atomic mass is 35.5. The van der Waals surface area contributed by atoms with Gasteiger partial charge in [0.25, 0.3) is 15.9 Å². The molecule has 1 atom stereocenters. The summed E-state index contributed by atoms with van der Waals surface area (Å²) in [6, 6.07) is 21.1. The van der Waals surface area contributed by atoms with Crippen molar-refractivity contribution in [2.75, 3.05) is 23.1 Å². The minimum Gasteiger partial charge on any atom is -0.476 e. The number of halogens is 1. The van der Waals surface area contributed by atoms with E-state index < -0.39 is 16.1 Å². The molecule has 1 heterocycles. The van der Waals surface area contributed by atoms with Crippen molar-refractivity contribution in [3.8, 4) is 5.75 Å². The first-order chi connectivity index (χ1) is 16.3. The highest BCUT2D eigenvalue weighted by Crippen LogP contribution is 2.37. The molecule has 0 spiro atoms. The fourth-order valence-electron chi connectivity index (χ4n) is 3.65. The summed E-state index contributed by atoms with van der Waals surface area (Å²) >= 11 is 7.65. The highest BCUT2D eigenvalue weighted by molar-refractivity contribution is 7.98. The van der Waals surface area contributed by atoms with Gasteiger partial charge < -0.3 is 10.1 Å². The van der Waals surface area contributed by atoms with Crippen LogP contribution in [0.3, 0.4) is 0 Å². The number of benzene rings is 3. The molecule has 0 fully saturated rings. The van der Waals surface area contributed by atoms with Gasteiger partial charge in [0.1, 0.15) is 5.75 Å². The van der Waals surface area contributed by atoms with Crippen LogP contribution in [0.1, 0.15) is 11.1 Å². The van der Waals surface area contributed by atoms with Gasteiger partial charge in [0.15, 0.2) is 6.10 Å². The first-order valence-corrected chi connectivity index (χ1v) is 13.8. The van der Waals surface area contributed by atoms with E-state index in [1.807, 2.05) is 6.07 Å². The lowest BCUT2D eigenvalue weighted by Crippen LogP contribution is -2.51. The van der Waals surface area contributed by atoms with E-state index in [4.69, 9.17) is 16.3 Å². The van der Waals surface area contributed by atoms with Crippen LogP contribution < -0.4 is 14.4 Å². The molecule has 3 aromatic rings. The Bertz CT molecular complexity index is 1270. The van der Waals surface area contributed by atoms with Gasteiger partial charge in [0.2, 0.25) is 0 Å². The molecule has 0 saturated carbocycles. The topological polar surface area (TPSA) is 75.7 Å². The Labute approximate surface area is 209 Å². The molecular weight excluding hydrogens is 492 g/mol. The van der Waals surface area contributed by atoms with Gasteiger partial charge >= 0.3 is 0 Å². The van der Waals surface area contributed by atoms with E-state index >= 15 is 0 Å². The van der Waals surface area contributed by atoms with Gasteiger partial charge in [-0.25, -0.2) is 8.42 Å². The molecule has 0 saturated heterocycles. The predicted octanol–water partition coefficient (Wildman–Crippen LogP) is 4.65. The van der Waals surface area contributed by atoms with Crippen LogP contribution >= 0.6 is 23.4 Å². The summed E-state index contributed by atoms with van der Waals surface area (Å²) in [5, 5.41) is 3.32. The number of thioether (sulfide) groups is 1. The van der Waals surface area contributed by atoms with Gasteiger partial charge in [-0.05, 0) is 48.9 Å². The number of fused-ring (bicyclic) bond motifs is 1. The Morgan fingerprint density at radius 2 is 1.88 bits per heavy atom. The number of hydrogen-bond acceptors (Lipinski definition) is 5. The molecule has 0 radical (unpaired) electrons. The van der Waals surface area contributed by atoms with E-state index in [9.17, 15) is 13.2 Å². The highest BCUT2D eigenvalue weighted by Gasteiger charge is 2.37. The number of hydrogen-bond donors (Lipinski definition) is 1. The number of nitrogens with one attached hydrogen (secondary N) is 1. The monoisotopic (exact) mass is 516 g/mol. The van der Waals surface area contributed by atoms with E-state index in [1.165, 1.54) is 39.7 Å². The number of sulfonamides is 1. The number of nitrogens with zero attached hydrogens (tertiary/aromatic N) is 1. The van der Waals surface area contributed by atoms with Crippen LogP contribution in [0.5, 0.6) is 5.75 Å². The van der Waals surface area contributed by atoms with E-state index in [0.717, 1.165) is 11.5 Å². The Kier molecular flexibility index (Phi) is 7.70. The van der Waals surface area contributed by atoms with Gasteiger partial charge in [0, 0.05) is 23.1 Å². The van der Waals surface area contributed by atoms with Crippen molar-refractivity contribution < 1.29 is 17.9 Å². The molecule has 9 heteroatoms. The van der Waals surface area contributed by atoms with E-state index in [2.05, 4.69) is 30.4 Å². The fourth-order valence-corrected chi connectivity index (χ4v) is 6.06. The molecule has 3 aromatic carbocycles. The van der Waals surface area contributed by atoms with Crippen molar-refractivity contribution in [1.29, 1.82) is 0 Å². The van der Waals surface area contributed by atoms with Crippen LogP contribution in [0.4, 0.5) is 5.69 Å². The van der Waals surface area contributed by atoms with Crippen LogP contribution in [0.25, 0.3) is 0 Å². The summed E-state index contributed by atoms with van der Waals surface area (Å²) in [4.78, 5) is 13.0. The zero-order valence-electron chi connectivity index (χ0n) is 18.6. The summed E-state index contributed by atoms with van der Waals surface area (Å²) in [6.45, 7) is 2.40. The average molecular weight is 517 g/mol. The van der Waals surface area contributed by atoms with Crippen molar-refractivity contribution in [2.24, 2.45) is 0 Å². The molecule has 178 valence electrons. The molecule has 0 unspecified atom stereocenters. The Hall–Kier alpha value is -2.68. The number of ether oxygens (including phenoxy) is 1. The summed E-state index contributed by atoms with van der Waals surface area (Å²) in [6.07, 6.45) is -0.959. The van der Waals surface area contributed by atoms with Crippen LogP contribution in [-0.2, 0) is 20.6 Å². The van der Waals surface area contributed by atoms with Gasteiger partial charge in [-0.3, -0.25) is 9.10 Å². The van der Waals surface area contributed by atoms with Crippen molar-refractivity contribution in [1.82, 2.24) is 5.32 Å². The Balaban J connectivity index is 1.41. The van der Waals surface area contributed by atoms with Crippen LogP contribution in [-0.4, -0.2) is 39.3 Å². The number of amides is 1. The summed E-state index contributed by atoms with van der Waals surface area (Å²) < 4.78 is 33.9. The van der Waals surface area contributed by atoms with E-state index in [1.54, 1.807) is 36.0 Å². The smallest absolute Gasteiger partial charge is 0.264 e. The van der Waals surface area contributed by atoms with Crippen molar-refractivity contribution in [3.63, 3.8) is 0 Å². The third-order valence-electron chi connectivity index (χ3n) is 5.33. The van der Waals surface area contributed by atoms with Gasteiger partial charge in [-0.15, -0.1) is 0 Å². The van der Waals surface area contributed by atoms with Gasteiger partial charge in [0.05, 0.1) is 17.1 Å². The predicted molar refractivity (Wildman–Crippen MR) is 137 cm³/mol. The van der Waals surface area contributed by atoms with Crippen LogP contribution in [0.2, 0.25) is 5.02 Å². The Morgan fingerprint density at radius 3 is 2.65 bits per heavy atom. The molecule has 0 bridgehead atoms. The minimum absolute atomic E-state index is 0.0975. The SMILES string of the molecule is Cc1cccc(CSCCNC(=O)[C@H]2CN(S(=O)(=O)c3ccc(Cl)cc3)c3ccccc3O2)c1. The number of anilines is 1. The maximum absolute atomic E-state index is 13.4. The van der Waals surface area contributed by atoms with Gasteiger partial charge in [-0.1, -0.05) is 53.6 Å². The quantitative estimate of drug-likeness (QED) is 0.441. The van der Waals surface area contributed by atoms with Crippen molar-refractivity contribution >= 4 is 45.0 Å². The third-order valence-corrected chi connectivity index (χ3v) is 8.40.